The number of amides is 1. The maximum Gasteiger partial charge on any atom is 0.254 e. The molecule has 2 heterocycles. The zero-order valence-corrected chi connectivity index (χ0v) is 9.19. The van der Waals surface area contributed by atoms with Gasteiger partial charge in [-0.25, -0.2) is 9.37 Å². The molecular formula is C10H10F2N2OS. The third-order valence-electron chi connectivity index (χ3n) is 2.36. The molecule has 1 N–H and O–H groups in total. The molecule has 1 amide bonds. The van der Waals surface area contributed by atoms with Crippen LogP contribution in [0.4, 0.5) is 8.78 Å². The van der Waals surface area contributed by atoms with Gasteiger partial charge in [0.2, 0.25) is 5.95 Å². The van der Waals surface area contributed by atoms with Crippen molar-refractivity contribution in [2.24, 2.45) is 0 Å². The summed E-state index contributed by atoms with van der Waals surface area (Å²) in [7, 11) is 0. The minimum Gasteiger partial charge on any atom is -0.348 e. The summed E-state index contributed by atoms with van der Waals surface area (Å²) in [5, 5.41) is 2.67. The lowest BCUT2D eigenvalue weighted by atomic mass is 10.2. The van der Waals surface area contributed by atoms with Crippen LogP contribution in [0.3, 0.4) is 0 Å². The molecule has 3 nitrogen and oxygen atoms in total. The summed E-state index contributed by atoms with van der Waals surface area (Å²) in [4.78, 5) is 14.7. The smallest absolute Gasteiger partial charge is 0.254 e. The van der Waals surface area contributed by atoms with Crippen LogP contribution in [0.2, 0.25) is 0 Å². The SMILES string of the molecule is O=C(NC1CCSC1)c1ccnc(F)c1F. The molecule has 86 valence electrons. The maximum atomic E-state index is 13.2. The summed E-state index contributed by atoms with van der Waals surface area (Å²) in [6.45, 7) is 0. The van der Waals surface area contributed by atoms with Crippen LogP contribution in [0.15, 0.2) is 12.3 Å². The first-order valence-corrected chi connectivity index (χ1v) is 6.02. The van der Waals surface area contributed by atoms with Crippen LogP contribution in [0, 0.1) is 11.8 Å². The number of carbonyl (C=O) groups excluding carboxylic acids is 1. The number of nitrogens with zero attached hydrogens (tertiary/aromatic N) is 1. The Kier molecular flexibility index (Phi) is 3.38. The molecule has 2 rings (SSSR count). The topological polar surface area (TPSA) is 42.0 Å². The summed E-state index contributed by atoms with van der Waals surface area (Å²) in [5.41, 5.74) is -0.288. The van der Waals surface area contributed by atoms with E-state index >= 15 is 0 Å². The molecule has 0 saturated carbocycles. The van der Waals surface area contributed by atoms with Crippen LogP contribution in [0.1, 0.15) is 16.8 Å². The number of carbonyl (C=O) groups is 1. The van der Waals surface area contributed by atoms with E-state index in [0.29, 0.717) is 0 Å². The summed E-state index contributed by atoms with van der Waals surface area (Å²) in [6, 6.07) is 1.23. The second kappa shape index (κ2) is 4.78. The van der Waals surface area contributed by atoms with Crippen molar-refractivity contribution in [1.82, 2.24) is 10.3 Å². The van der Waals surface area contributed by atoms with Gasteiger partial charge in [-0.15, -0.1) is 0 Å². The Morgan fingerprint density at radius 3 is 3.06 bits per heavy atom. The van der Waals surface area contributed by atoms with Gasteiger partial charge in [0.15, 0.2) is 5.82 Å². The monoisotopic (exact) mass is 244 g/mol. The van der Waals surface area contributed by atoms with E-state index in [1.54, 1.807) is 11.8 Å². The largest absolute Gasteiger partial charge is 0.348 e. The first-order valence-electron chi connectivity index (χ1n) is 4.87. The van der Waals surface area contributed by atoms with Crippen molar-refractivity contribution >= 4 is 17.7 Å². The predicted molar refractivity (Wildman–Crippen MR) is 57.3 cm³/mol. The minimum atomic E-state index is -1.24. The van der Waals surface area contributed by atoms with Gasteiger partial charge in [-0.1, -0.05) is 0 Å². The molecule has 1 aliphatic heterocycles. The molecule has 1 fully saturated rings. The zero-order valence-electron chi connectivity index (χ0n) is 8.37. The number of aromatic nitrogens is 1. The Morgan fingerprint density at radius 2 is 2.38 bits per heavy atom. The van der Waals surface area contributed by atoms with Gasteiger partial charge in [-0.3, -0.25) is 4.79 Å². The first-order chi connectivity index (χ1) is 7.68. The number of pyridine rings is 1. The molecular weight excluding hydrogens is 234 g/mol. The Hall–Kier alpha value is -1.17. The third kappa shape index (κ3) is 2.32. The number of hydrogen-bond acceptors (Lipinski definition) is 3. The Labute approximate surface area is 95.6 Å². The zero-order chi connectivity index (χ0) is 11.5. The summed E-state index contributed by atoms with van der Waals surface area (Å²) >= 11 is 1.73. The molecule has 1 unspecified atom stereocenters. The summed E-state index contributed by atoms with van der Waals surface area (Å²) < 4.78 is 26.0. The van der Waals surface area contributed by atoms with Crippen LogP contribution in [0.5, 0.6) is 0 Å². The molecule has 6 heteroatoms. The highest BCUT2D eigenvalue weighted by molar-refractivity contribution is 7.99. The number of thioether (sulfide) groups is 1. The van der Waals surface area contributed by atoms with Crippen LogP contribution < -0.4 is 5.32 Å². The average molecular weight is 244 g/mol. The van der Waals surface area contributed by atoms with E-state index in [9.17, 15) is 13.6 Å². The van der Waals surface area contributed by atoms with E-state index in [0.717, 1.165) is 24.1 Å². The van der Waals surface area contributed by atoms with Gasteiger partial charge in [-0.2, -0.15) is 16.2 Å². The lowest BCUT2D eigenvalue weighted by Crippen LogP contribution is -2.35. The van der Waals surface area contributed by atoms with Crippen LogP contribution in [-0.4, -0.2) is 28.4 Å². The normalized spacial score (nSPS) is 19.8. The van der Waals surface area contributed by atoms with Gasteiger partial charge < -0.3 is 5.32 Å². The highest BCUT2D eigenvalue weighted by Gasteiger charge is 2.21. The molecule has 0 bridgehead atoms. The van der Waals surface area contributed by atoms with Crippen molar-refractivity contribution in [2.75, 3.05) is 11.5 Å². The quantitative estimate of drug-likeness (QED) is 0.803. The summed E-state index contributed by atoms with van der Waals surface area (Å²) in [5.74, 6) is -1.20. The van der Waals surface area contributed by atoms with Crippen molar-refractivity contribution in [1.29, 1.82) is 0 Å². The fourth-order valence-electron chi connectivity index (χ4n) is 1.51. The third-order valence-corrected chi connectivity index (χ3v) is 3.52. The Bertz CT molecular complexity index is 408. The second-order valence-electron chi connectivity index (χ2n) is 3.50. The molecule has 1 aliphatic rings. The van der Waals surface area contributed by atoms with Crippen LogP contribution in [0.25, 0.3) is 0 Å². The molecule has 1 aromatic heterocycles. The summed E-state index contributed by atoms with van der Waals surface area (Å²) in [6.07, 6.45) is 1.95. The standard InChI is InChI=1S/C10H10F2N2OS/c11-8-7(1-3-13-9(8)12)10(15)14-6-2-4-16-5-6/h1,3,6H,2,4-5H2,(H,14,15). The highest BCUT2D eigenvalue weighted by atomic mass is 32.2. The molecule has 0 spiro atoms. The molecule has 0 aromatic carbocycles. The molecule has 1 atom stereocenters. The van der Waals surface area contributed by atoms with Gasteiger partial charge >= 0.3 is 0 Å². The fraction of sp³-hybridized carbons (Fsp3) is 0.400. The highest BCUT2D eigenvalue weighted by Crippen LogP contribution is 2.18. The van der Waals surface area contributed by atoms with Gasteiger partial charge in [0.05, 0.1) is 5.56 Å². The number of halogens is 2. The minimum absolute atomic E-state index is 0.0492. The Balaban J connectivity index is 2.11. The van der Waals surface area contributed by atoms with E-state index in [1.807, 2.05) is 0 Å². The van der Waals surface area contributed by atoms with Crippen molar-refractivity contribution in [3.05, 3.63) is 29.6 Å². The number of rotatable bonds is 2. The predicted octanol–water partition coefficient (Wildman–Crippen LogP) is 1.60. The van der Waals surface area contributed by atoms with E-state index < -0.39 is 17.7 Å². The van der Waals surface area contributed by atoms with Gasteiger partial charge in [0.1, 0.15) is 0 Å². The molecule has 0 aliphatic carbocycles. The first kappa shape index (κ1) is 11.3. The average Bonchev–Trinajstić information content (AvgIpc) is 2.74. The fourth-order valence-corrected chi connectivity index (χ4v) is 2.66. The lowest BCUT2D eigenvalue weighted by Gasteiger charge is -2.11. The maximum absolute atomic E-state index is 13.2. The van der Waals surface area contributed by atoms with Gasteiger partial charge in [0, 0.05) is 18.0 Å². The van der Waals surface area contributed by atoms with Gasteiger partial charge in [0.25, 0.3) is 5.91 Å². The Morgan fingerprint density at radius 1 is 1.56 bits per heavy atom. The number of nitrogens with one attached hydrogen (secondary N) is 1. The van der Waals surface area contributed by atoms with E-state index in [1.165, 1.54) is 6.07 Å². The molecule has 0 radical (unpaired) electrons. The molecule has 1 aromatic rings. The lowest BCUT2D eigenvalue weighted by molar-refractivity contribution is 0.0935. The van der Waals surface area contributed by atoms with Crippen LogP contribution >= 0.6 is 11.8 Å². The second-order valence-corrected chi connectivity index (χ2v) is 4.65. The van der Waals surface area contributed by atoms with E-state index in [4.69, 9.17) is 0 Å². The van der Waals surface area contributed by atoms with E-state index in [2.05, 4.69) is 10.3 Å². The van der Waals surface area contributed by atoms with Crippen molar-refractivity contribution in [3.63, 3.8) is 0 Å². The van der Waals surface area contributed by atoms with Crippen molar-refractivity contribution in [3.8, 4) is 0 Å². The molecule has 1 saturated heterocycles. The van der Waals surface area contributed by atoms with Crippen LogP contribution in [-0.2, 0) is 0 Å². The number of hydrogen-bond donors (Lipinski definition) is 1. The van der Waals surface area contributed by atoms with Crippen molar-refractivity contribution < 1.29 is 13.6 Å². The van der Waals surface area contributed by atoms with Crippen molar-refractivity contribution in [2.45, 2.75) is 12.5 Å². The molecule has 16 heavy (non-hydrogen) atoms. The van der Waals surface area contributed by atoms with Gasteiger partial charge in [-0.05, 0) is 18.2 Å². The van der Waals surface area contributed by atoms with E-state index in [-0.39, 0.29) is 11.6 Å².